The normalized spacial score (nSPS) is 15.4. The van der Waals surface area contributed by atoms with Gasteiger partial charge in [-0.05, 0) is 12.8 Å². The molecule has 0 bridgehead atoms. The molecular weight excluding hydrogens is 240 g/mol. The molecule has 0 aromatic carbocycles. The van der Waals surface area contributed by atoms with Gasteiger partial charge in [0.2, 0.25) is 6.39 Å². The lowest BCUT2D eigenvalue weighted by Crippen LogP contribution is -2.08. The van der Waals surface area contributed by atoms with Gasteiger partial charge < -0.3 is 14.8 Å². The number of nitrogens with two attached hydrogens (primary N) is 1. The van der Waals surface area contributed by atoms with E-state index in [1.807, 2.05) is 0 Å². The van der Waals surface area contributed by atoms with E-state index < -0.39 is 0 Å². The first-order valence-electron chi connectivity index (χ1n) is 5.40. The molecule has 2 aromatic rings. The van der Waals surface area contributed by atoms with Crippen molar-refractivity contribution < 1.29 is 4.52 Å². The summed E-state index contributed by atoms with van der Waals surface area (Å²) in [5.74, 6) is 2.14. The summed E-state index contributed by atoms with van der Waals surface area (Å²) in [7, 11) is 0. The largest absolute Gasteiger partial charge is 0.343 e. The summed E-state index contributed by atoms with van der Waals surface area (Å²) in [6.07, 6.45) is 3.69. The van der Waals surface area contributed by atoms with Crippen LogP contribution in [0.15, 0.2) is 16.1 Å². The first-order valence-corrected chi connectivity index (χ1v) is 6.39. The van der Waals surface area contributed by atoms with Crippen molar-refractivity contribution in [3.8, 4) is 0 Å². The van der Waals surface area contributed by atoms with Crippen molar-refractivity contribution in [1.82, 2.24) is 24.9 Å². The summed E-state index contributed by atoms with van der Waals surface area (Å²) in [5, 5.41) is 12.9. The Morgan fingerprint density at radius 2 is 2.35 bits per heavy atom. The lowest BCUT2D eigenvalue weighted by atomic mass is 10.5. The molecule has 3 rings (SSSR count). The molecule has 2 N–H and O–H groups in total. The molecule has 0 aliphatic heterocycles. The van der Waals surface area contributed by atoms with E-state index in [1.165, 1.54) is 19.2 Å². The zero-order chi connectivity index (χ0) is 11.7. The molecule has 2 aromatic heterocycles. The Kier molecular flexibility index (Phi) is 2.81. The Bertz CT molecular complexity index is 492. The van der Waals surface area contributed by atoms with Crippen LogP contribution in [-0.2, 0) is 12.3 Å². The summed E-state index contributed by atoms with van der Waals surface area (Å²) < 4.78 is 6.81. The van der Waals surface area contributed by atoms with Gasteiger partial charge in [-0.2, -0.15) is 4.98 Å². The average Bonchev–Trinajstić information content (AvgIpc) is 2.92. The molecule has 17 heavy (non-hydrogen) atoms. The van der Waals surface area contributed by atoms with E-state index in [0.29, 0.717) is 24.2 Å². The highest BCUT2D eigenvalue weighted by atomic mass is 32.2. The van der Waals surface area contributed by atoms with Gasteiger partial charge in [0.05, 0.1) is 12.3 Å². The lowest BCUT2D eigenvalue weighted by Gasteiger charge is -2.05. The minimum atomic E-state index is 0.423. The second-order valence-electron chi connectivity index (χ2n) is 3.84. The summed E-state index contributed by atoms with van der Waals surface area (Å²) in [6, 6.07) is 0.524. The average molecular weight is 252 g/mol. The fourth-order valence-corrected chi connectivity index (χ4v) is 2.51. The third-order valence-electron chi connectivity index (χ3n) is 2.57. The van der Waals surface area contributed by atoms with Crippen LogP contribution in [0.3, 0.4) is 0 Å². The van der Waals surface area contributed by atoms with Gasteiger partial charge in [0.15, 0.2) is 11.0 Å². The van der Waals surface area contributed by atoms with Crippen molar-refractivity contribution in [2.24, 2.45) is 5.73 Å². The number of hydrogen-bond acceptors (Lipinski definition) is 7. The van der Waals surface area contributed by atoms with E-state index >= 15 is 0 Å². The van der Waals surface area contributed by atoms with Gasteiger partial charge in [0, 0.05) is 6.04 Å². The molecule has 8 heteroatoms. The number of thioether (sulfide) groups is 1. The molecule has 0 unspecified atom stereocenters. The third kappa shape index (κ3) is 2.18. The Morgan fingerprint density at radius 3 is 3.00 bits per heavy atom. The Balaban J connectivity index is 1.76. The standard InChI is InChI=1S/C9H12N6OS/c10-3-8-12-13-9(15(8)6-1-2-6)17-4-7-11-5-16-14-7/h5-6H,1-4,10H2. The van der Waals surface area contributed by atoms with Gasteiger partial charge in [-0.15, -0.1) is 10.2 Å². The van der Waals surface area contributed by atoms with Crippen LogP contribution >= 0.6 is 11.8 Å². The molecule has 1 aliphatic carbocycles. The minimum Gasteiger partial charge on any atom is -0.343 e. The van der Waals surface area contributed by atoms with Gasteiger partial charge in [0.1, 0.15) is 5.82 Å². The summed E-state index contributed by atoms with van der Waals surface area (Å²) in [4.78, 5) is 3.97. The van der Waals surface area contributed by atoms with E-state index in [-0.39, 0.29) is 0 Å². The number of nitrogens with zero attached hydrogens (tertiary/aromatic N) is 5. The zero-order valence-corrected chi connectivity index (χ0v) is 9.93. The molecule has 90 valence electrons. The molecule has 2 heterocycles. The predicted octanol–water partition coefficient (Wildman–Crippen LogP) is 0.747. The van der Waals surface area contributed by atoms with Crippen LogP contribution in [0.25, 0.3) is 0 Å². The second kappa shape index (κ2) is 4.46. The van der Waals surface area contributed by atoms with Gasteiger partial charge >= 0.3 is 0 Å². The quantitative estimate of drug-likeness (QED) is 0.784. The molecule has 0 radical (unpaired) electrons. The van der Waals surface area contributed by atoms with Crippen LogP contribution in [0.1, 0.15) is 30.5 Å². The van der Waals surface area contributed by atoms with Crippen LogP contribution in [0, 0.1) is 0 Å². The van der Waals surface area contributed by atoms with E-state index in [4.69, 9.17) is 5.73 Å². The first kappa shape index (κ1) is 10.7. The first-order chi connectivity index (χ1) is 8.38. The molecule has 0 amide bonds. The highest BCUT2D eigenvalue weighted by Gasteiger charge is 2.29. The van der Waals surface area contributed by atoms with Gasteiger partial charge in [-0.25, -0.2) is 0 Å². The van der Waals surface area contributed by atoms with E-state index in [0.717, 1.165) is 11.0 Å². The third-order valence-corrected chi connectivity index (χ3v) is 3.51. The molecule has 1 aliphatic rings. The molecule has 1 saturated carbocycles. The molecular formula is C9H12N6OS. The number of rotatable bonds is 5. The summed E-state index contributed by atoms with van der Waals surface area (Å²) in [6.45, 7) is 0.423. The monoisotopic (exact) mass is 252 g/mol. The van der Waals surface area contributed by atoms with Crippen molar-refractivity contribution in [2.75, 3.05) is 0 Å². The Labute approximate surface area is 102 Å². The van der Waals surface area contributed by atoms with Crippen molar-refractivity contribution in [1.29, 1.82) is 0 Å². The van der Waals surface area contributed by atoms with Crippen LogP contribution < -0.4 is 5.73 Å². The Morgan fingerprint density at radius 1 is 1.47 bits per heavy atom. The van der Waals surface area contributed by atoms with Crippen LogP contribution in [0.4, 0.5) is 0 Å². The molecule has 7 nitrogen and oxygen atoms in total. The predicted molar refractivity (Wildman–Crippen MR) is 60.0 cm³/mol. The minimum absolute atomic E-state index is 0.423. The smallest absolute Gasteiger partial charge is 0.213 e. The second-order valence-corrected chi connectivity index (χ2v) is 4.78. The maximum Gasteiger partial charge on any atom is 0.213 e. The highest BCUT2D eigenvalue weighted by Crippen LogP contribution is 2.38. The van der Waals surface area contributed by atoms with Crippen molar-refractivity contribution >= 4 is 11.8 Å². The van der Waals surface area contributed by atoms with Gasteiger partial charge in [-0.3, -0.25) is 0 Å². The van der Waals surface area contributed by atoms with E-state index in [2.05, 4.69) is 29.4 Å². The maximum absolute atomic E-state index is 5.65. The fourth-order valence-electron chi connectivity index (χ4n) is 1.63. The van der Waals surface area contributed by atoms with Gasteiger partial charge in [-0.1, -0.05) is 16.9 Å². The highest BCUT2D eigenvalue weighted by molar-refractivity contribution is 7.98. The summed E-state index contributed by atoms with van der Waals surface area (Å²) in [5.41, 5.74) is 5.65. The number of hydrogen-bond donors (Lipinski definition) is 1. The van der Waals surface area contributed by atoms with Crippen LogP contribution in [0.2, 0.25) is 0 Å². The molecule has 0 atom stereocenters. The Hall–Kier alpha value is -1.41. The topological polar surface area (TPSA) is 95.7 Å². The van der Waals surface area contributed by atoms with E-state index in [1.54, 1.807) is 11.8 Å². The number of aromatic nitrogens is 5. The molecule has 0 spiro atoms. The van der Waals surface area contributed by atoms with Crippen LogP contribution in [-0.4, -0.2) is 24.9 Å². The maximum atomic E-state index is 5.65. The van der Waals surface area contributed by atoms with Crippen molar-refractivity contribution in [3.05, 3.63) is 18.0 Å². The molecule has 0 saturated heterocycles. The molecule has 1 fully saturated rings. The van der Waals surface area contributed by atoms with Crippen molar-refractivity contribution in [2.45, 2.75) is 36.3 Å². The lowest BCUT2D eigenvalue weighted by molar-refractivity contribution is 0.412. The fraction of sp³-hybridized carbons (Fsp3) is 0.556. The summed E-state index contributed by atoms with van der Waals surface area (Å²) >= 11 is 1.56. The zero-order valence-electron chi connectivity index (χ0n) is 9.11. The van der Waals surface area contributed by atoms with Crippen molar-refractivity contribution in [3.63, 3.8) is 0 Å². The van der Waals surface area contributed by atoms with Crippen LogP contribution in [0.5, 0.6) is 0 Å². The van der Waals surface area contributed by atoms with Gasteiger partial charge in [0.25, 0.3) is 0 Å². The van der Waals surface area contributed by atoms with E-state index in [9.17, 15) is 0 Å². The SMILES string of the molecule is NCc1nnc(SCc2ncon2)n1C1CC1.